The predicted molar refractivity (Wildman–Crippen MR) is 72.7 cm³/mol. The summed E-state index contributed by atoms with van der Waals surface area (Å²) < 4.78 is 0. The van der Waals surface area contributed by atoms with Crippen LogP contribution in [-0.2, 0) is 11.2 Å². The maximum atomic E-state index is 12.7. The lowest BCUT2D eigenvalue weighted by atomic mass is 10.0. The van der Waals surface area contributed by atoms with Gasteiger partial charge in [-0.25, -0.2) is 0 Å². The fourth-order valence-corrected chi connectivity index (χ4v) is 3.22. The Morgan fingerprint density at radius 3 is 2.83 bits per heavy atom. The highest BCUT2D eigenvalue weighted by Crippen LogP contribution is 2.33. The van der Waals surface area contributed by atoms with Crippen LogP contribution in [0, 0.1) is 5.92 Å². The number of benzene rings is 1. The normalized spacial score (nSPS) is 30.6. The van der Waals surface area contributed by atoms with E-state index in [0.29, 0.717) is 5.92 Å². The number of carbonyl (C=O) groups excluding carboxylic acids is 1. The van der Waals surface area contributed by atoms with Gasteiger partial charge in [-0.3, -0.25) is 4.79 Å². The maximum absolute atomic E-state index is 12.7. The standard InChI is InChI=1S/C15H20N2O/c1-10-7-8-16-14(10)15(18)17-11(2)9-12-5-3-4-6-13(12)17/h3-6,10-11,14,16H,7-9H2,1-2H3. The monoisotopic (exact) mass is 244 g/mol. The first kappa shape index (κ1) is 11.7. The van der Waals surface area contributed by atoms with E-state index < -0.39 is 0 Å². The molecular formula is C15H20N2O. The van der Waals surface area contributed by atoms with Crippen LogP contribution in [0.1, 0.15) is 25.8 Å². The minimum absolute atomic E-state index is 0.00129. The number of carbonyl (C=O) groups is 1. The molecule has 1 aromatic rings. The van der Waals surface area contributed by atoms with E-state index in [4.69, 9.17) is 0 Å². The van der Waals surface area contributed by atoms with Crippen LogP contribution in [-0.4, -0.2) is 24.5 Å². The van der Waals surface area contributed by atoms with E-state index in [-0.39, 0.29) is 18.0 Å². The number of amides is 1. The first-order valence-electron chi connectivity index (χ1n) is 6.83. The van der Waals surface area contributed by atoms with Crippen LogP contribution < -0.4 is 10.2 Å². The summed E-state index contributed by atoms with van der Waals surface area (Å²) in [6, 6.07) is 8.54. The van der Waals surface area contributed by atoms with Crippen molar-refractivity contribution < 1.29 is 4.79 Å². The Bertz CT molecular complexity index is 471. The summed E-state index contributed by atoms with van der Waals surface area (Å²) in [5.74, 6) is 0.690. The molecule has 3 nitrogen and oxygen atoms in total. The Kier molecular flexibility index (Phi) is 2.86. The molecule has 1 N–H and O–H groups in total. The quantitative estimate of drug-likeness (QED) is 0.819. The molecule has 3 rings (SSSR count). The molecule has 0 aromatic heterocycles. The Balaban J connectivity index is 1.90. The summed E-state index contributed by atoms with van der Waals surface area (Å²) >= 11 is 0. The third-order valence-corrected chi connectivity index (χ3v) is 4.24. The van der Waals surface area contributed by atoms with Gasteiger partial charge in [-0.2, -0.15) is 0 Å². The molecule has 1 aromatic carbocycles. The van der Waals surface area contributed by atoms with Crippen LogP contribution in [0.15, 0.2) is 24.3 Å². The summed E-state index contributed by atoms with van der Waals surface area (Å²) in [7, 11) is 0. The van der Waals surface area contributed by atoms with E-state index in [2.05, 4.69) is 37.4 Å². The average Bonchev–Trinajstić information content (AvgIpc) is 2.91. The Labute approximate surface area is 108 Å². The van der Waals surface area contributed by atoms with Gasteiger partial charge in [0.1, 0.15) is 0 Å². The summed E-state index contributed by atoms with van der Waals surface area (Å²) in [6.07, 6.45) is 2.07. The summed E-state index contributed by atoms with van der Waals surface area (Å²) in [5.41, 5.74) is 2.40. The van der Waals surface area contributed by atoms with E-state index in [1.165, 1.54) is 5.56 Å². The SMILES string of the molecule is CC1CCNC1C(=O)N1c2ccccc2CC1C. The highest BCUT2D eigenvalue weighted by atomic mass is 16.2. The number of nitrogens with zero attached hydrogens (tertiary/aromatic N) is 1. The van der Waals surface area contributed by atoms with Gasteiger partial charge in [-0.1, -0.05) is 25.1 Å². The van der Waals surface area contributed by atoms with Crippen LogP contribution in [0.5, 0.6) is 0 Å². The van der Waals surface area contributed by atoms with E-state index in [1.807, 2.05) is 11.0 Å². The largest absolute Gasteiger partial charge is 0.308 e. The molecule has 18 heavy (non-hydrogen) atoms. The van der Waals surface area contributed by atoms with Crippen molar-refractivity contribution in [3.8, 4) is 0 Å². The predicted octanol–water partition coefficient (Wildman–Crippen LogP) is 1.96. The third-order valence-electron chi connectivity index (χ3n) is 4.24. The van der Waals surface area contributed by atoms with E-state index >= 15 is 0 Å². The molecule has 1 saturated heterocycles. The molecule has 96 valence electrons. The average molecular weight is 244 g/mol. The second-order valence-corrected chi connectivity index (χ2v) is 5.59. The van der Waals surface area contributed by atoms with Gasteiger partial charge in [0.2, 0.25) is 5.91 Å². The molecule has 2 aliphatic heterocycles. The molecule has 0 saturated carbocycles. The van der Waals surface area contributed by atoms with E-state index in [0.717, 1.165) is 25.1 Å². The van der Waals surface area contributed by atoms with Crippen LogP contribution in [0.3, 0.4) is 0 Å². The number of hydrogen-bond donors (Lipinski definition) is 1. The fraction of sp³-hybridized carbons (Fsp3) is 0.533. The number of hydrogen-bond acceptors (Lipinski definition) is 2. The van der Waals surface area contributed by atoms with Crippen LogP contribution in [0.2, 0.25) is 0 Å². The van der Waals surface area contributed by atoms with Crippen molar-refractivity contribution in [2.75, 3.05) is 11.4 Å². The zero-order valence-electron chi connectivity index (χ0n) is 11.0. The van der Waals surface area contributed by atoms with Crippen LogP contribution >= 0.6 is 0 Å². The number of rotatable bonds is 1. The minimum atomic E-state index is -0.00129. The highest BCUT2D eigenvalue weighted by molar-refractivity contribution is 6.00. The van der Waals surface area contributed by atoms with Gasteiger partial charge >= 0.3 is 0 Å². The van der Waals surface area contributed by atoms with Gasteiger partial charge in [0.25, 0.3) is 0 Å². The Hall–Kier alpha value is -1.35. The lowest BCUT2D eigenvalue weighted by Gasteiger charge is -2.27. The first-order chi connectivity index (χ1) is 8.68. The summed E-state index contributed by atoms with van der Waals surface area (Å²) in [6.45, 7) is 5.26. The molecule has 3 unspecified atom stereocenters. The zero-order valence-corrected chi connectivity index (χ0v) is 11.0. The van der Waals surface area contributed by atoms with Gasteiger partial charge in [-0.05, 0) is 43.9 Å². The van der Waals surface area contributed by atoms with Gasteiger partial charge in [0, 0.05) is 11.7 Å². The zero-order chi connectivity index (χ0) is 12.7. The van der Waals surface area contributed by atoms with Gasteiger partial charge < -0.3 is 10.2 Å². The Morgan fingerprint density at radius 2 is 2.11 bits per heavy atom. The molecule has 3 heteroatoms. The molecule has 0 bridgehead atoms. The fourth-order valence-electron chi connectivity index (χ4n) is 3.22. The molecule has 2 aliphatic rings. The number of nitrogens with one attached hydrogen (secondary N) is 1. The van der Waals surface area contributed by atoms with Crippen molar-refractivity contribution in [2.45, 2.75) is 38.8 Å². The molecule has 0 radical (unpaired) electrons. The van der Waals surface area contributed by atoms with Crippen molar-refractivity contribution in [1.82, 2.24) is 5.32 Å². The molecule has 3 atom stereocenters. The van der Waals surface area contributed by atoms with E-state index in [1.54, 1.807) is 0 Å². The van der Waals surface area contributed by atoms with E-state index in [9.17, 15) is 4.79 Å². The summed E-state index contributed by atoms with van der Waals surface area (Å²) in [4.78, 5) is 14.7. The van der Waals surface area contributed by atoms with Crippen molar-refractivity contribution in [2.24, 2.45) is 5.92 Å². The maximum Gasteiger partial charge on any atom is 0.244 e. The lowest BCUT2D eigenvalue weighted by Crippen LogP contribution is -2.48. The van der Waals surface area contributed by atoms with Gasteiger partial charge in [0.15, 0.2) is 0 Å². The van der Waals surface area contributed by atoms with Crippen molar-refractivity contribution in [1.29, 1.82) is 0 Å². The molecule has 0 spiro atoms. The van der Waals surface area contributed by atoms with Crippen molar-refractivity contribution >= 4 is 11.6 Å². The lowest BCUT2D eigenvalue weighted by molar-refractivity contribution is -0.121. The highest BCUT2D eigenvalue weighted by Gasteiger charge is 2.38. The van der Waals surface area contributed by atoms with Crippen LogP contribution in [0.4, 0.5) is 5.69 Å². The van der Waals surface area contributed by atoms with Crippen LogP contribution in [0.25, 0.3) is 0 Å². The minimum Gasteiger partial charge on any atom is -0.308 e. The molecule has 1 amide bonds. The Morgan fingerprint density at radius 1 is 1.33 bits per heavy atom. The summed E-state index contributed by atoms with van der Waals surface area (Å²) in [5, 5.41) is 3.34. The molecular weight excluding hydrogens is 224 g/mol. The van der Waals surface area contributed by atoms with Gasteiger partial charge in [-0.15, -0.1) is 0 Å². The number of para-hydroxylation sites is 1. The van der Waals surface area contributed by atoms with Gasteiger partial charge in [0.05, 0.1) is 6.04 Å². The third kappa shape index (κ3) is 1.74. The first-order valence-corrected chi connectivity index (χ1v) is 6.83. The molecule has 1 fully saturated rings. The smallest absolute Gasteiger partial charge is 0.244 e. The van der Waals surface area contributed by atoms with Crippen molar-refractivity contribution in [3.05, 3.63) is 29.8 Å². The topological polar surface area (TPSA) is 32.3 Å². The number of anilines is 1. The number of fused-ring (bicyclic) bond motifs is 1. The second kappa shape index (κ2) is 4.39. The molecule has 2 heterocycles. The molecule has 0 aliphatic carbocycles. The van der Waals surface area contributed by atoms with Crippen molar-refractivity contribution in [3.63, 3.8) is 0 Å². The second-order valence-electron chi connectivity index (χ2n) is 5.59.